The van der Waals surface area contributed by atoms with Gasteiger partial charge in [-0.15, -0.1) is 0 Å². The quantitative estimate of drug-likeness (QED) is 0.934. The number of pyridine rings is 1. The van der Waals surface area contributed by atoms with Crippen LogP contribution in [-0.4, -0.2) is 13.4 Å². The summed E-state index contributed by atoms with van der Waals surface area (Å²) in [7, 11) is -3.67. The molecule has 2 aromatic rings. The Morgan fingerprint density at radius 1 is 1.21 bits per heavy atom. The largest absolute Gasteiger partial charge is 0.264 e. The molecule has 19 heavy (non-hydrogen) atoms. The standard InChI is InChI=1S/C13H13FN2O2S/c1-10(11-3-2-8-15-9-11)16-19(17,18)13-6-4-12(14)5-7-13/h2-10,16H,1H3. The average Bonchev–Trinajstić information content (AvgIpc) is 2.40. The maximum Gasteiger partial charge on any atom is 0.241 e. The van der Waals surface area contributed by atoms with Gasteiger partial charge in [0.05, 0.1) is 4.90 Å². The van der Waals surface area contributed by atoms with Crippen molar-refractivity contribution in [1.82, 2.24) is 9.71 Å². The van der Waals surface area contributed by atoms with Gasteiger partial charge in [-0.25, -0.2) is 17.5 Å². The van der Waals surface area contributed by atoms with Crippen molar-refractivity contribution in [3.05, 3.63) is 60.2 Å². The summed E-state index contributed by atoms with van der Waals surface area (Å²) in [6, 6.07) is 7.79. The van der Waals surface area contributed by atoms with Crippen molar-refractivity contribution in [2.45, 2.75) is 17.9 Å². The third-order valence-electron chi connectivity index (χ3n) is 2.64. The highest BCUT2D eigenvalue weighted by Gasteiger charge is 2.18. The summed E-state index contributed by atoms with van der Waals surface area (Å²) in [5, 5.41) is 0. The van der Waals surface area contributed by atoms with Gasteiger partial charge in [0.15, 0.2) is 0 Å². The molecule has 0 spiro atoms. The molecule has 1 aromatic heterocycles. The zero-order chi connectivity index (χ0) is 13.9. The topological polar surface area (TPSA) is 59.1 Å². The van der Waals surface area contributed by atoms with Gasteiger partial charge < -0.3 is 0 Å². The van der Waals surface area contributed by atoms with Crippen LogP contribution >= 0.6 is 0 Å². The van der Waals surface area contributed by atoms with Gasteiger partial charge in [0, 0.05) is 18.4 Å². The smallest absolute Gasteiger partial charge is 0.241 e. The molecule has 0 saturated carbocycles. The van der Waals surface area contributed by atoms with Crippen molar-refractivity contribution in [3.8, 4) is 0 Å². The summed E-state index contributed by atoms with van der Waals surface area (Å²) in [6.45, 7) is 1.72. The lowest BCUT2D eigenvalue weighted by molar-refractivity contribution is 0.566. The number of benzene rings is 1. The van der Waals surface area contributed by atoms with Crippen molar-refractivity contribution < 1.29 is 12.8 Å². The third-order valence-corrected chi connectivity index (χ3v) is 4.20. The third kappa shape index (κ3) is 3.36. The number of halogens is 1. The van der Waals surface area contributed by atoms with E-state index in [1.807, 2.05) is 0 Å². The van der Waals surface area contributed by atoms with E-state index in [0.29, 0.717) is 0 Å². The van der Waals surface area contributed by atoms with Crippen LogP contribution in [0.4, 0.5) is 4.39 Å². The molecule has 0 fully saturated rings. The predicted octanol–water partition coefficient (Wildman–Crippen LogP) is 2.26. The number of nitrogens with zero attached hydrogens (tertiary/aromatic N) is 1. The summed E-state index contributed by atoms with van der Waals surface area (Å²) in [5.41, 5.74) is 0.758. The van der Waals surface area contributed by atoms with Crippen molar-refractivity contribution in [2.24, 2.45) is 0 Å². The van der Waals surface area contributed by atoms with E-state index in [1.54, 1.807) is 31.5 Å². The van der Waals surface area contributed by atoms with Crippen molar-refractivity contribution >= 4 is 10.0 Å². The van der Waals surface area contributed by atoms with Crippen LogP contribution in [0.3, 0.4) is 0 Å². The van der Waals surface area contributed by atoms with E-state index in [2.05, 4.69) is 9.71 Å². The Hall–Kier alpha value is -1.79. The van der Waals surface area contributed by atoms with E-state index in [4.69, 9.17) is 0 Å². The molecule has 4 nitrogen and oxygen atoms in total. The maximum absolute atomic E-state index is 12.8. The molecule has 6 heteroatoms. The van der Waals surface area contributed by atoms with Gasteiger partial charge in [-0.2, -0.15) is 0 Å². The number of aromatic nitrogens is 1. The highest BCUT2D eigenvalue weighted by atomic mass is 32.2. The van der Waals surface area contributed by atoms with Crippen LogP contribution in [0.1, 0.15) is 18.5 Å². The SMILES string of the molecule is CC(NS(=O)(=O)c1ccc(F)cc1)c1cccnc1. The molecular formula is C13H13FN2O2S. The molecule has 1 N–H and O–H groups in total. The first kappa shape index (κ1) is 13.6. The fourth-order valence-electron chi connectivity index (χ4n) is 1.61. The predicted molar refractivity (Wildman–Crippen MR) is 69.4 cm³/mol. The van der Waals surface area contributed by atoms with Crippen LogP contribution < -0.4 is 4.72 Å². The van der Waals surface area contributed by atoms with Crippen LogP contribution in [0.2, 0.25) is 0 Å². The Morgan fingerprint density at radius 2 is 1.89 bits per heavy atom. The van der Waals surface area contributed by atoms with Gasteiger partial charge in [-0.1, -0.05) is 6.07 Å². The minimum absolute atomic E-state index is 0.0321. The Labute approximate surface area is 111 Å². The van der Waals surface area contributed by atoms with Gasteiger partial charge in [-0.3, -0.25) is 4.98 Å². The number of nitrogens with one attached hydrogen (secondary N) is 1. The first-order chi connectivity index (χ1) is 8.99. The van der Waals surface area contributed by atoms with Crippen LogP contribution in [0.25, 0.3) is 0 Å². The molecule has 100 valence electrons. The molecule has 0 bridgehead atoms. The van der Waals surface area contributed by atoms with E-state index in [-0.39, 0.29) is 4.90 Å². The first-order valence-electron chi connectivity index (χ1n) is 5.67. The van der Waals surface area contributed by atoms with E-state index in [1.165, 1.54) is 12.1 Å². The fraction of sp³-hybridized carbons (Fsp3) is 0.154. The van der Waals surface area contributed by atoms with Gasteiger partial charge in [0.1, 0.15) is 5.82 Å². The van der Waals surface area contributed by atoms with Crippen LogP contribution in [0.5, 0.6) is 0 Å². The fourth-order valence-corrected chi connectivity index (χ4v) is 2.85. The van der Waals surface area contributed by atoms with E-state index in [0.717, 1.165) is 17.7 Å². The Kier molecular flexibility index (Phi) is 3.92. The van der Waals surface area contributed by atoms with Gasteiger partial charge >= 0.3 is 0 Å². The molecule has 1 aromatic carbocycles. The van der Waals surface area contributed by atoms with E-state index < -0.39 is 21.9 Å². The van der Waals surface area contributed by atoms with Crippen molar-refractivity contribution in [2.75, 3.05) is 0 Å². The number of hydrogen-bond donors (Lipinski definition) is 1. The second kappa shape index (κ2) is 5.46. The highest BCUT2D eigenvalue weighted by Crippen LogP contribution is 2.16. The second-order valence-corrected chi connectivity index (χ2v) is 5.80. The van der Waals surface area contributed by atoms with E-state index >= 15 is 0 Å². The molecule has 2 rings (SSSR count). The monoisotopic (exact) mass is 280 g/mol. The van der Waals surface area contributed by atoms with Gasteiger partial charge in [0.2, 0.25) is 10.0 Å². The Balaban J connectivity index is 2.20. The zero-order valence-corrected chi connectivity index (χ0v) is 11.1. The van der Waals surface area contributed by atoms with Crippen molar-refractivity contribution in [3.63, 3.8) is 0 Å². The summed E-state index contributed by atoms with van der Waals surface area (Å²) in [6.07, 6.45) is 3.21. The minimum atomic E-state index is -3.67. The van der Waals surface area contributed by atoms with Gasteiger partial charge in [0.25, 0.3) is 0 Å². The molecule has 0 radical (unpaired) electrons. The molecular weight excluding hydrogens is 267 g/mol. The molecule has 1 unspecified atom stereocenters. The molecule has 0 saturated heterocycles. The molecule has 0 aliphatic carbocycles. The lowest BCUT2D eigenvalue weighted by Gasteiger charge is -2.14. The molecule has 0 aliphatic rings. The Morgan fingerprint density at radius 3 is 2.47 bits per heavy atom. The summed E-state index contributed by atoms with van der Waals surface area (Å²) in [5.74, 6) is -0.473. The van der Waals surface area contributed by atoms with Crippen LogP contribution in [0.15, 0.2) is 53.7 Å². The summed E-state index contributed by atoms with van der Waals surface area (Å²) in [4.78, 5) is 3.97. The molecule has 1 heterocycles. The second-order valence-electron chi connectivity index (χ2n) is 4.08. The van der Waals surface area contributed by atoms with Crippen molar-refractivity contribution in [1.29, 1.82) is 0 Å². The number of rotatable bonds is 4. The van der Waals surface area contributed by atoms with E-state index in [9.17, 15) is 12.8 Å². The normalized spacial score (nSPS) is 13.2. The average molecular weight is 280 g/mol. The zero-order valence-electron chi connectivity index (χ0n) is 10.2. The lowest BCUT2D eigenvalue weighted by Crippen LogP contribution is -2.26. The number of sulfonamides is 1. The molecule has 0 aliphatic heterocycles. The minimum Gasteiger partial charge on any atom is -0.264 e. The van der Waals surface area contributed by atoms with Crippen LogP contribution in [0, 0.1) is 5.82 Å². The molecule has 0 amide bonds. The first-order valence-corrected chi connectivity index (χ1v) is 7.15. The summed E-state index contributed by atoms with van der Waals surface area (Å²) >= 11 is 0. The van der Waals surface area contributed by atoms with Gasteiger partial charge in [-0.05, 0) is 42.8 Å². The summed E-state index contributed by atoms with van der Waals surface area (Å²) < 4.78 is 39.4. The molecule has 1 atom stereocenters. The lowest BCUT2D eigenvalue weighted by atomic mass is 10.2. The number of hydrogen-bond acceptors (Lipinski definition) is 3. The Bertz CT molecular complexity index is 642. The van der Waals surface area contributed by atoms with Crippen LogP contribution in [-0.2, 0) is 10.0 Å². The highest BCUT2D eigenvalue weighted by molar-refractivity contribution is 7.89. The maximum atomic E-state index is 12.8.